The van der Waals surface area contributed by atoms with Crippen molar-refractivity contribution in [3.63, 3.8) is 0 Å². The predicted molar refractivity (Wildman–Crippen MR) is 140 cm³/mol. The van der Waals surface area contributed by atoms with Gasteiger partial charge in [0.1, 0.15) is 5.41 Å². The van der Waals surface area contributed by atoms with Crippen molar-refractivity contribution >= 4 is 33.6 Å². The van der Waals surface area contributed by atoms with E-state index < -0.39 is 11.4 Å². The number of amides is 1. The highest BCUT2D eigenvalue weighted by Crippen LogP contribution is 2.38. The number of para-hydroxylation sites is 1. The lowest BCUT2D eigenvalue weighted by Gasteiger charge is -2.27. The number of carbonyl (C=O) groups is 2. The van der Waals surface area contributed by atoms with Crippen LogP contribution in [0.1, 0.15) is 56.7 Å². The molecule has 0 aliphatic heterocycles. The SMILES string of the molecule is CCC(=O)ONC(=O)CCCCCC(C#N)(c1ccc2ccccc2c1)c1ccc2ccccc2n1. The molecule has 0 fully saturated rings. The van der Waals surface area contributed by atoms with Gasteiger partial charge in [-0.15, -0.1) is 0 Å². The molecule has 3 aromatic carbocycles. The molecule has 1 unspecified atom stereocenters. The zero-order chi connectivity index (χ0) is 25.4. The lowest BCUT2D eigenvalue weighted by Crippen LogP contribution is -2.27. The number of hydrogen-bond donors (Lipinski definition) is 1. The van der Waals surface area contributed by atoms with Crippen LogP contribution in [0.3, 0.4) is 0 Å². The number of nitrogens with one attached hydrogen (secondary N) is 1. The second-order valence-corrected chi connectivity index (χ2v) is 8.88. The molecule has 1 aromatic heterocycles. The Bertz CT molecular complexity index is 1340. The average Bonchev–Trinajstić information content (AvgIpc) is 2.93. The number of pyridine rings is 1. The molecule has 0 radical (unpaired) electrons. The topological polar surface area (TPSA) is 92.1 Å². The number of rotatable bonds is 9. The molecule has 1 amide bonds. The summed E-state index contributed by atoms with van der Waals surface area (Å²) >= 11 is 0. The first-order chi connectivity index (χ1) is 17.6. The summed E-state index contributed by atoms with van der Waals surface area (Å²) in [4.78, 5) is 32.7. The normalized spacial score (nSPS) is 12.6. The number of carbonyl (C=O) groups excluding carboxylic acids is 2. The molecule has 0 bridgehead atoms. The van der Waals surface area contributed by atoms with E-state index in [-0.39, 0.29) is 18.7 Å². The number of benzene rings is 3. The molecule has 0 saturated heterocycles. The van der Waals surface area contributed by atoms with Crippen LogP contribution in [0.2, 0.25) is 0 Å². The number of aromatic nitrogens is 1. The number of nitrogens with zero attached hydrogens (tertiary/aromatic N) is 2. The standard InChI is InChI=1S/C30H29N3O3/c1-2-29(35)36-33-28(34)14-4-3-9-19-30(21-31,25-17-15-22-10-5-6-12-24(22)20-25)27-18-16-23-11-7-8-13-26(23)32-27/h5-8,10-13,15-18,20H,2-4,9,14,19H2,1H3,(H,33,34). The molecule has 0 spiro atoms. The third-order valence-corrected chi connectivity index (χ3v) is 6.49. The minimum Gasteiger partial charge on any atom is -0.341 e. The van der Waals surface area contributed by atoms with Crippen LogP contribution < -0.4 is 5.48 Å². The van der Waals surface area contributed by atoms with Gasteiger partial charge in [0.15, 0.2) is 0 Å². The second-order valence-electron chi connectivity index (χ2n) is 8.88. The van der Waals surface area contributed by atoms with Gasteiger partial charge in [-0.05, 0) is 47.4 Å². The van der Waals surface area contributed by atoms with Gasteiger partial charge in [-0.2, -0.15) is 10.7 Å². The monoisotopic (exact) mass is 479 g/mol. The Hall–Kier alpha value is -4.24. The first kappa shape index (κ1) is 24.9. The van der Waals surface area contributed by atoms with E-state index in [1.54, 1.807) is 6.92 Å². The Morgan fingerprint density at radius 3 is 2.42 bits per heavy atom. The number of fused-ring (bicyclic) bond motifs is 2. The van der Waals surface area contributed by atoms with E-state index in [0.29, 0.717) is 12.8 Å². The molecule has 1 heterocycles. The molecule has 6 heteroatoms. The molecule has 0 saturated carbocycles. The van der Waals surface area contributed by atoms with Crippen LogP contribution in [0.25, 0.3) is 21.7 Å². The van der Waals surface area contributed by atoms with Crippen LogP contribution in [-0.2, 0) is 19.8 Å². The molecule has 36 heavy (non-hydrogen) atoms. The Morgan fingerprint density at radius 1 is 0.917 bits per heavy atom. The van der Waals surface area contributed by atoms with Gasteiger partial charge in [0.05, 0.1) is 17.3 Å². The fourth-order valence-corrected chi connectivity index (χ4v) is 4.45. The number of hydrogen-bond acceptors (Lipinski definition) is 5. The van der Waals surface area contributed by atoms with E-state index in [1.165, 1.54) is 0 Å². The van der Waals surface area contributed by atoms with Gasteiger partial charge in [0, 0.05) is 18.2 Å². The minimum absolute atomic E-state index is 0.202. The van der Waals surface area contributed by atoms with Gasteiger partial charge < -0.3 is 4.84 Å². The number of nitriles is 1. The maximum absolute atomic E-state index is 11.9. The van der Waals surface area contributed by atoms with Crippen LogP contribution in [0.15, 0.2) is 78.9 Å². The van der Waals surface area contributed by atoms with Crippen molar-refractivity contribution in [2.75, 3.05) is 0 Å². The van der Waals surface area contributed by atoms with Crippen molar-refractivity contribution in [2.45, 2.75) is 50.9 Å². The fourth-order valence-electron chi connectivity index (χ4n) is 4.45. The van der Waals surface area contributed by atoms with Crippen molar-refractivity contribution < 1.29 is 14.4 Å². The Labute approximate surface area is 210 Å². The van der Waals surface area contributed by atoms with Crippen LogP contribution in [0.4, 0.5) is 0 Å². The molecular weight excluding hydrogens is 450 g/mol. The van der Waals surface area contributed by atoms with Crippen LogP contribution >= 0.6 is 0 Å². The lowest BCUT2D eigenvalue weighted by molar-refractivity contribution is -0.158. The van der Waals surface area contributed by atoms with Gasteiger partial charge in [-0.1, -0.05) is 80.4 Å². The smallest absolute Gasteiger partial charge is 0.331 e. The number of hydroxylamine groups is 1. The molecule has 0 aliphatic carbocycles. The van der Waals surface area contributed by atoms with E-state index in [9.17, 15) is 14.9 Å². The summed E-state index contributed by atoms with van der Waals surface area (Å²) in [6.07, 6.45) is 3.13. The summed E-state index contributed by atoms with van der Waals surface area (Å²) in [6.45, 7) is 1.66. The summed E-state index contributed by atoms with van der Waals surface area (Å²) in [5.41, 5.74) is 3.76. The highest BCUT2D eigenvalue weighted by atomic mass is 16.7. The van der Waals surface area contributed by atoms with Gasteiger partial charge in [0.2, 0.25) is 0 Å². The zero-order valence-corrected chi connectivity index (χ0v) is 20.4. The van der Waals surface area contributed by atoms with Gasteiger partial charge in [0.25, 0.3) is 5.91 Å². The molecule has 4 aromatic rings. The van der Waals surface area contributed by atoms with Crippen LogP contribution in [0.5, 0.6) is 0 Å². The van der Waals surface area contributed by atoms with Crippen molar-refractivity contribution in [3.8, 4) is 6.07 Å². The summed E-state index contributed by atoms with van der Waals surface area (Å²) in [6, 6.07) is 28.8. The first-order valence-corrected chi connectivity index (χ1v) is 12.3. The molecule has 4 rings (SSSR count). The molecule has 182 valence electrons. The maximum Gasteiger partial charge on any atom is 0.331 e. The third kappa shape index (κ3) is 5.52. The summed E-state index contributed by atoms with van der Waals surface area (Å²) < 4.78 is 0. The molecular formula is C30H29N3O3. The van der Waals surface area contributed by atoms with E-state index in [2.05, 4.69) is 40.7 Å². The minimum atomic E-state index is -0.924. The average molecular weight is 480 g/mol. The molecule has 1 atom stereocenters. The Morgan fingerprint density at radius 2 is 1.64 bits per heavy atom. The summed E-state index contributed by atoms with van der Waals surface area (Å²) in [5, 5.41) is 13.8. The van der Waals surface area contributed by atoms with Gasteiger partial charge in [-0.3, -0.25) is 9.78 Å². The fraction of sp³-hybridized carbons (Fsp3) is 0.267. The third-order valence-electron chi connectivity index (χ3n) is 6.49. The first-order valence-electron chi connectivity index (χ1n) is 12.3. The highest BCUT2D eigenvalue weighted by Gasteiger charge is 2.36. The van der Waals surface area contributed by atoms with Gasteiger partial charge >= 0.3 is 5.97 Å². The molecule has 1 N–H and O–H groups in total. The zero-order valence-electron chi connectivity index (χ0n) is 20.4. The van der Waals surface area contributed by atoms with E-state index >= 15 is 0 Å². The predicted octanol–water partition coefficient (Wildman–Crippen LogP) is 6.13. The summed E-state index contributed by atoms with van der Waals surface area (Å²) in [7, 11) is 0. The van der Waals surface area contributed by atoms with Gasteiger partial charge in [-0.25, -0.2) is 4.79 Å². The number of unbranched alkanes of at least 4 members (excludes halogenated alkanes) is 2. The highest BCUT2D eigenvalue weighted by molar-refractivity contribution is 5.84. The Balaban J connectivity index is 1.56. The maximum atomic E-state index is 11.9. The van der Waals surface area contributed by atoms with Crippen LogP contribution in [-0.4, -0.2) is 16.9 Å². The molecule has 0 aliphatic rings. The summed E-state index contributed by atoms with van der Waals surface area (Å²) in [5.74, 6) is -0.797. The Kier molecular flexibility index (Phi) is 7.92. The van der Waals surface area contributed by atoms with Crippen molar-refractivity contribution in [1.29, 1.82) is 5.26 Å². The van der Waals surface area contributed by atoms with Crippen molar-refractivity contribution in [2.24, 2.45) is 0 Å². The van der Waals surface area contributed by atoms with Crippen molar-refractivity contribution in [1.82, 2.24) is 10.5 Å². The quantitative estimate of drug-likeness (QED) is 0.230. The largest absolute Gasteiger partial charge is 0.341 e. The van der Waals surface area contributed by atoms with E-state index in [0.717, 1.165) is 45.8 Å². The van der Waals surface area contributed by atoms with E-state index in [4.69, 9.17) is 4.98 Å². The van der Waals surface area contributed by atoms with E-state index in [1.807, 2.05) is 54.6 Å². The second kappa shape index (κ2) is 11.5. The van der Waals surface area contributed by atoms with Crippen molar-refractivity contribution in [3.05, 3.63) is 90.1 Å². The van der Waals surface area contributed by atoms with Crippen LogP contribution in [0, 0.1) is 11.3 Å². The lowest BCUT2D eigenvalue weighted by atomic mass is 9.74. The molecule has 6 nitrogen and oxygen atoms in total.